The Labute approximate surface area is 349 Å². The third-order valence-corrected chi connectivity index (χ3v) is 11.7. The predicted octanol–water partition coefficient (Wildman–Crippen LogP) is 16.5. The maximum absolute atomic E-state index is 6.45. The van der Waals surface area contributed by atoms with Gasteiger partial charge in [0.25, 0.3) is 0 Å². The highest BCUT2D eigenvalue weighted by molar-refractivity contribution is 6.09. The molecule has 0 saturated heterocycles. The first-order valence-corrected chi connectivity index (χ1v) is 20.5. The number of nitrogens with zero attached hydrogens (tertiary/aromatic N) is 1. The van der Waals surface area contributed by atoms with E-state index in [9.17, 15) is 0 Å². The van der Waals surface area contributed by atoms with Gasteiger partial charge in [-0.1, -0.05) is 182 Å². The Balaban J connectivity index is 1.03. The van der Waals surface area contributed by atoms with Crippen LogP contribution < -0.4 is 4.90 Å². The van der Waals surface area contributed by atoms with Gasteiger partial charge < -0.3 is 9.32 Å². The van der Waals surface area contributed by atoms with Crippen LogP contribution in [0.4, 0.5) is 17.1 Å². The van der Waals surface area contributed by atoms with Gasteiger partial charge in [0.1, 0.15) is 11.2 Å². The fourth-order valence-electron chi connectivity index (χ4n) is 8.69. The Kier molecular flexibility index (Phi) is 8.87. The summed E-state index contributed by atoms with van der Waals surface area (Å²) in [5.41, 5.74) is 16.7. The first kappa shape index (κ1) is 35.2. The zero-order chi connectivity index (χ0) is 39.8. The topological polar surface area (TPSA) is 16.4 Å². The van der Waals surface area contributed by atoms with Crippen LogP contribution in [0.1, 0.15) is 0 Å². The summed E-state index contributed by atoms with van der Waals surface area (Å²) in [5.74, 6) is 0. The molecular formula is C58H39NO. The van der Waals surface area contributed by atoms with Crippen molar-refractivity contribution in [3.63, 3.8) is 0 Å². The lowest BCUT2D eigenvalue weighted by Crippen LogP contribution is -2.10. The minimum absolute atomic E-state index is 0.902. The standard InChI is InChI=1S/C58H39NO/c1-3-14-40(15-4-1)47-37-48(41-16-5-2-6-17-41)39-51(38-47)59(50-34-30-44(31-35-50)54-25-13-26-56-55-23-9-10-27-57(55)60-58(54)56)49-32-28-42(29-33-49)45-20-11-21-46(36-45)53-24-12-19-43-18-7-8-22-52(43)53/h1-39H. The first-order valence-electron chi connectivity index (χ1n) is 20.5. The van der Waals surface area contributed by atoms with E-state index in [0.29, 0.717) is 0 Å². The molecule has 1 heterocycles. The van der Waals surface area contributed by atoms with Crippen molar-refractivity contribution in [2.75, 3.05) is 4.90 Å². The molecule has 2 heteroatoms. The van der Waals surface area contributed by atoms with Gasteiger partial charge in [0.2, 0.25) is 0 Å². The molecule has 2 nitrogen and oxygen atoms in total. The first-order chi connectivity index (χ1) is 29.7. The van der Waals surface area contributed by atoms with Crippen molar-refractivity contribution in [3.8, 4) is 55.6 Å². The molecule has 0 aliphatic carbocycles. The number of anilines is 3. The summed E-state index contributed by atoms with van der Waals surface area (Å²) in [5, 5.41) is 4.77. The van der Waals surface area contributed by atoms with E-state index in [1.165, 1.54) is 38.6 Å². The zero-order valence-electron chi connectivity index (χ0n) is 32.9. The molecule has 60 heavy (non-hydrogen) atoms. The number of para-hydroxylation sites is 2. The van der Waals surface area contributed by atoms with Crippen LogP contribution in [-0.2, 0) is 0 Å². The molecule has 0 amide bonds. The van der Waals surface area contributed by atoms with Gasteiger partial charge >= 0.3 is 0 Å². The lowest BCUT2D eigenvalue weighted by atomic mass is 9.95. The van der Waals surface area contributed by atoms with E-state index in [0.717, 1.165) is 66.8 Å². The Morgan fingerprint density at radius 1 is 0.267 bits per heavy atom. The van der Waals surface area contributed by atoms with Gasteiger partial charge in [0.15, 0.2) is 0 Å². The smallest absolute Gasteiger partial charge is 0.143 e. The molecule has 11 aromatic rings. The fourth-order valence-corrected chi connectivity index (χ4v) is 8.69. The average Bonchev–Trinajstić information content (AvgIpc) is 3.72. The molecule has 1 aromatic heterocycles. The summed E-state index contributed by atoms with van der Waals surface area (Å²) in [4.78, 5) is 2.38. The Bertz CT molecular complexity index is 3230. The molecule has 0 saturated carbocycles. The van der Waals surface area contributed by atoms with Gasteiger partial charge in [0.05, 0.1) is 0 Å². The zero-order valence-corrected chi connectivity index (χ0v) is 32.9. The molecule has 0 spiro atoms. The molecule has 0 bridgehead atoms. The van der Waals surface area contributed by atoms with Crippen molar-refractivity contribution < 1.29 is 4.42 Å². The molecular weight excluding hydrogens is 727 g/mol. The van der Waals surface area contributed by atoms with Crippen molar-refractivity contribution in [2.24, 2.45) is 0 Å². The second-order valence-corrected chi connectivity index (χ2v) is 15.3. The number of benzene rings is 10. The van der Waals surface area contributed by atoms with Gasteiger partial charge in [0, 0.05) is 33.4 Å². The summed E-state index contributed by atoms with van der Waals surface area (Å²) < 4.78 is 6.45. The number of rotatable bonds is 8. The molecule has 0 aliphatic heterocycles. The van der Waals surface area contributed by atoms with E-state index in [1.807, 2.05) is 12.1 Å². The summed E-state index contributed by atoms with van der Waals surface area (Å²) in [7, 11) is 0. The molecule has 10 aromatic carbocycles. The molecule has 282 valence electrons. The molecule has 0 radical (unpaired) electrons. The Morgan fingerprint density at radius 2 is 0.750 bits per heavy atom. The van der Waals surface area contributed by atoms with Crippen molar-refractivity contribution in [3.05, 3.63) is 237 Å². The largest absolute Gasteiger partial charge is 0.455 e. The van der Waals surface area contributed by atoms with Crippen LogP contribution >= 0.6 is 0 Å². The fraction of sp³-hybridized carbons (Fsp3) is 0. The second-order valence-electron chi connectivity index (χ2n) is 15.3. The molecule has 0 aliphatic rings. The molecule has 0 N–H and O–H groups in total. The average molecular weight is 766 g/mol. The quantitative estimate of drug-likeness (QED) is 0.153. The van der Waals surface area contributed by atoms with E-state index in [-0.39, 0.29) is 0 Å². The molecule has 0 atom stereocenters. The van der Waals surface area contributed by atoms with Gasteiger partial charge in [-0.3, -0.25) is 0 Å². The number of fused-ring (bicyclic) bond motifs is 4. The van der Waals surface area contributed by atoms with E-state index in [4.69, 9.17) is 4.42 Å². The van der Waals surface area contributed by atoms with Crippen molar-refractivity contribution in [1.82, 2.24) is 0 Å². The van der Waals surface area contributed by atoms with Crippen LogP contribution in [0.25, 0.3) is 88.3 Å². The van der Waals surface area contributed by atoms with E-state index in [1.54, 1.807) is 0 Å². The lowest BCUT2D eigenvalue weighted by Gasteiger charge is -2.27. The number of hydrogen-bond donors (Lipinski definition) is 0. The van der Waals surface area contributed by atoms with Crippen molar-refractivity contribution >= 4 is 49.8 Å². The van der Waals surface area contributed by atoms with Crippen molar-refractivity contribution in [1.29, 1.82) is 0 Å². The molecule has 11 rings (SSSR count). The third kappa shape index (κ3) is 6.51. The number of hydrogen-bond acceptors (Lipinski definition) is 2. The van der Waals surface area contributed by atoms with E-state index < -0.39 is 0 Å². The summed E-state index contributed by atoms with van der Waals surface area (Å²) in [6, 6.07) is 84.9. The van der Waals surface area contributed by atoms with Crippen molar-refractivity contribution in [2.45, 2.75) is 0 Å². The van der Waals surface area contributed by atoms with Gasteiger partial charge in [-0.25, -0.2) is 0 Å². The highest BCUT2D eigenvalue weighted by Gasteiger charge is 2.18. The highest BCUT2D eigenvalue weighted by Crippen LogP contribution is 2.42. The van der Waals surface area contributed by atoms with Crippen LogP contribution in [-0.4, -0.2) is 0 Å². The predicted molar refractivity (Wildman–Crippen MR) is 253 cm³/mol. The monoisotopic (exact) mass is 765 g/mol. The maximum Gasteiger partial charge on any atom is 0.143 e. The normalized spacial score (nSPS) is 11.3. The van der Waals surface area contributed by atoms with Gasteiger partial charge in [-0.05, 0) is 115 Å². The van der Waals surface area contributed by atoms with Crippen LogP contribution in [0.2, 0.25) is 0 Å². The third-order valence-electron chi connectivity index (χ3n) is 11.7. The Morgan fingerprint density at radius 3 is 1.47 bits per heavy atom. The molecule has 0 unspecified atom stereocenters. The summed E-state index contributed by atoms with van der Waals surface area (Å²) >= 11 is 0. The van der Waals surface area contributed by atoms with Crippen LogP contribution in [0.15, 0.2) is 241 Å². The van der Waals surface area contributed by atoms with E-state index in [2.05, 4.69) is 229 Å². The lowest BCUT2D eigenvalue weighted by molar-refractivity contribution is 0.670. The number of furan rings is 1. The molecule has 0 fully saturated rings. The minimum Gasteiger partial charge on any atom is -0.455 e. The van der Waals surface area contributed by atoms with Crippen LogP contribution in [0.3, 0.4) is 0 Å². The van der Waals surface area contributed by atoms with Gasteiger partial charge in [-0.2, -0.15) is 0 Å². The summed E-state index contributed by atoms with van der Waals surface area (Å²) in [6.45, 7) is 0. The second kappa shape index (κ2) is 15.1. The SMILES string of the molecule is c1ccc(-c2cc(-c3ccccc3)cc(N(c3ccc(-c4cccc(-c5cccc6ccccc56)c4)cc3)c3ccc(-c4cccc5c4oc4ccccc45)cc3)c2)cc1. The van der Waals surface area contributed by atoms with Gasteiger partial charge in [-0.15, -0.1) is 0 Å². The highest BCUT2D eigenvalue weighted by atomic mass is 16.3. The van der Waals surface area contributed by atoms with Crippen LogP contribution in [0.5, 0.6) is 0 Å². The van der Waals surface area contributed by atoms with Crippen LogP contribution in [0, 0.1) is 0 Å². The minimum atomic E-state index is 0.902. The maximum atomic E-state index is 6.45. The summed E-state index contributed by atoms with van der Waals surface area (Å²) in [6.07, 6.45) is 0. The Hall–Kier alpha value is -7.94. The van der Waals surface area contributed by atoms with E-state index >= 15 is 0 Å².